The zero-order chi connectivity index (χ0) is 10.0. The predicted octanol–water partition coefficient (Wildman–Crippen LogP) is -2.28. The van der Waals surface area contributed by atoms with Crippen LogP contribution in [-0.4, -0.2) is 30.9 Å². The molecule has 76 valence electrons. The van der Waals surface area contributed by atoms with Crippen LogP contribution in [0.15, 0.2) is 0 Å². The predicted molar refractivity (Wildman–Crippen MR) is 46.8 cm³/mol. The summed E-state index contributed by atoms with van der Waals surface area (Å²) in [7, 11) is -2.95. The molecule has 0 atom stereocenters. The van der Waals surface area contributed by atoms with Gasteiger partial charge in [0.15, 0.2) is 0 Å². The van der Waals surface area contributed by atoms with Crippen molar-refractivity contribution in [2.45, 2.75) is 32.6 Å². The second-order valence-electron chi connectivity index (χ2n) is 2.32. The van der Waals surface area contributed by atoms with E-state index in [4.69, 9.17) is 5.11 Å². The molecule has 0 heterocycles. The summed E-state index contributed by atoms with van der Waals surface area (Å²) < 4.78 is 30.1. The van der Waals surface area contributed by atoms with Gasteiger partial charge in [0.1, 0.15) is 0 Å². The fraction of sp³-hybridized carbons (Fsp3) is 1.00. The normalized spacial score (nSPS) is 9.54. The summed E-state index contributed by atoms with van der Waals surface area (Å²) in [6, 6.07) is 0. The Morgan fingerprint density at radius 3 is 1.92 bits per heavy atom. The number of unbranched alkanes of at least 4 members (excludes halogenated alkanes) is 3. The van der Waals surface area contributed by atoms with Crippen LogP contribution >= 0.6 is 0 Å². The van der Waals surface area contributed by atoms with Gasteiger partial charge in [0.2, 0.25) is 0 Å². The third kappa shape index (κ3) is 24.6. The molecule has 0 aliphatic carbocycles. The van der Waals surface area contributed by atoms with Gasteiger partial charge in [-0.3, -0.25) is 0 Å². The van der Waals surface area contributed by atoms with Gasteiger partial charge in [0.25, 0.3) is 0 Å². The Hall–Kier alpha value is 0.870. The molecular formula is C7H17NaO4S. The van der Waals surface area contributed by atoms with Gasteiger partial charge in [-0.2, -0.15) is 0 Å². The minimum absolute atomic E-state index is 0. The van der Waals surface area contributed by atoms with E-state index >= 15 is 0 Å². The first kappa shape index (κ1) is 19.4. The second-order valence-corrected chi connectivity index (χ2v) is 3.85. The van der Waals surface area contributed by atoms with E-state index in [1.807, 2.05) is 6.92 Å². The largest absolute Gasteiger partial charge is 1.00 e. The van der Waals surface area contributed by atoms with Gasteiger partial charge in [-0.05, 0) is 6.42 Å². The summed E-state index contributed by atoms with van der Waals surface area (Å²) in [6.45, 7) is 2.03. The molecule has 0 unspecified atom stereocenters. The first-order valence-electron chi connectivity index (χ1n) is 3.94. The molecule has 0 aliphatic rings. The average Bonchev–Trinajstić information content (AvgIpc) is 2.01. The van der Waals surface area contributed by atoms with Gasteiger partial charge in [0.05, 0.1) is 10.1 Å². The monoisotopic (exact) mass is 220 g/mol. The number of aliphatic hydroxyl groups excluding tert-OH is 1. The maximum absolute atomic E-state index is 10.0. The van der Waals surface area contributed by atoms with Gasteiger partial charge in [-0.25, -0.2) is 8.42 Å². The Labute approximate surface area is 103 Å². The molecule has 6 heteroatoms. The fourth-order valence-corrected chi connectivity index (χ4v) is 1.26. The van der Waals surface area contributed by atoms with E-state index < -0.39 is 10.1 Å². The Kier molecular flexibility index (Phi) is 19.2. The molecule has 0 bridgehead atoms. The van der Waals surface area contributed by atoms with Crippen molar-refractivity contribution in [1.29, 1.82) is 0 Å². The number of hydrogen-bond donors (Lipinski definition) is 1. The Bertz CT molecular complexity index is 167. The number of rotatable bonds is 5. The molecular weight excluding hydrogens is 203 g/mol. The molecule has 0 saturated carbocycles. The van der Waals surface area contributed by atoms with Crippen LogP contribution in [0.2, 0.25) is 0 Å². The van der Waals surface area contributed by atoms with Crippen molar-refractivity contribution >= 4 is 10.1 Å². The molecule has 0 amide bonds. The minimum atomic E-state index is -3.95. The summed E-state index contributed by atoms with van der Waals surface area (Å²) in [5.74, 6) is -0.201. The standard InChI is InChI=1S/C6H14O3S.CH4O.Na/c1-2-3-4-5-6-10(7,8)9;1-2;/h2-6H2,1H3,(H,7,8,9);2H,1H3;/q;;+1/p-1. The fourth-order valence-electron chi connectivity index (χ4n) is 0.706. The van der Waals surface area contributed by atoms with Gasteiger partial charge < -0.3 is 9.66 Å². The topological polar surface area (TPSA) is 77.4 Å². The van der Waals surface area contributed by atoms with Crippen LogP contribution in [0.3, 0.4) is 0 Å². The van der Waals surface area contributed by atoms with Crippen LogP contribution in [0.1, 0.15) is 32.6 Å². The van der Waals surface area contributed by atoms with Crippen LogP contribution in [0, 0.1) is 0 Å². The zero-order valence-electron chi connectivity index (χ0n) is 8.62. The molecule has 4 nitrogen and oxygen atoms in total. The maximum Gasteiger partial charge on any atom is 1.00 e. The van der Waals surface area contributed by atoms with Crippen molar-refractivity contribution < 1.29 is 47.6 Å². The molecule has 0 spiro atoms. The molecule has 13 heavy (non-hydrogen) atoms. The van der Waals surface area contributed by atoms with Crippen molar-refractivity contribution in [3.63, 3.8) is 0 Å². The van der Waals surface area contributed by atoms with Crippen molar-refractivity contribution in [3.8, 4) is 0 Å². The van der Waals surface area contributed by atoms with Gasteiger partial charge in [-0.1, -0.05) is 26.2 Å². The Balaban J connectivity index is -0.000000309. The number of aliphatic hydroxyl groups is 1. The molecule has 0 aliphatic heterocycles. The molecule has 1 N–H and O–H groups in total. The minimum Gasteiger partial charge on any atom is -0.748 e. The van der Waals surface area contributed by atoms with E-state index in [9.17, 15) is 13.0 Å². The summed E-state index contributed by atoms with van der Waals surface area (Å²) in [5, 5.41) is 7.00. The van der Waals surface area contributed by atoms with Crippen molar-refractivity contribution in [1.82, 2.24) is 0 Å². The molecule has 0 aromatic carbocycles. The van der Waals surface area contributed by atoms with Gasteiger partial charge in [0, 0.05) is 12.9 Å². The Morgan fingerprint density at radius 2 is 1.62 bits per heavy atom. The SMILES string of the molecule is CCCCCCS(=O)(=O)[O-].CO.[Na+]. The van der Waals surface area contributed by atoms with Crippen LogP contribution in [0.5, 0.6) is 0 Å². The summed E-state index contributed by atoms with van der Waals surface area (Å²) >= 11 is 0. The molecule has 0 radical (unpaired) electrons. The molecule has 0 saturated heterocycles. The van der Waals surface area contributed by atoms with E-state index in [2.05, 4.69) is 0 Å². The van der Waals surface area contributed by atoms with E-state index in [0.29, 0.717) is 6.42 Å². The molecule has 0 fully saturated rings. The maximum atomic E-state index is 10.0. The van der Waals surface area contributed by atoms with Crippen LogP contribution in [-0.2, 0) is 10.1 Å². The average molecular weight is 220 g/mol. The van der Waals surface area contributed by atoms with E-state index in [0.717, 1.165) is 26.4 Å². The third-order valence-corrected chi connectivity index (χ3v) is 2.04. The van der Waals surface area contributed by atoms with E-state index in [1.165, 1.54) is 0 Å². The summed E-state index contributed by atoms with van der Waals surface area (Å²) in [5.41, 5.74) is 0. The second kappa shape index (κ2) is 12.9. The van der Waals surface area contributed by atoms with Crippen molar-refractivity contribution in [2.75, 3.05) is 12.9 Å². The molecule has 0 rings (SSSR count). The summed E-state index contributed by atoms with van der Waals surface area (Å²) in [6.07, 6.45) is 3.42. The molecule has 0 aromatic rings. The van der Waals surface area contributed by atoms with Crippen LogP contribution in [0.25, 0.3) is 0 Å². The van der Waals surface area contributed by atoms with Gasteiger partial charge >= 0.3 is 29.6 Å². The summed E-state index contributed by atoms with van der Waals surface area (Å²) in [4.78, 5) is 0. The first-order valence-corrected chi connectivity index (χ1v) is 5.52. The Morgan fingerprint density at radius 1 is 1.15 bits per heavy atom. The molecule has 0 aromatic heterocycles. The quantitative estimate of drug-likeness (QED) is 0.322. The van der Waals surface area contributed by atoms with E-state index in [1.54, 1.807) is 0 Å². The van der Waals surface area contributed by atoms with Crippen molar-refractivity contribution in [3.05, 3.63) is 0 Å². The zero-order valence-corrected chi connectivity index (χ0v) is 11.4. The van der Waals surface area contributed by atoms with Gasteiger partial charge in [-0.15, -0.1) is 0 Å². The first-order chi connectivity index (χ1) is 5.56. The third-order valence-electron chi connectivity index (χ3n) is 1.25. The van der Waals surface area contributed by atoms with Crippen LogP contribution in [0.4, 0.5) is 0 Å². The van der Waals surface area contributed by atoms with Crippen molar-refractivity contribution in [2.24, 2.45) is 0 Å². The van der Waals surface area contributed by atoms with Crippen LogP contribution < -0.4 is 29.6 Å². The number of hydrogen-bond acceptors (Lipinski definition) is 4. The van der Waals surface area contributed by atoms with E-state index in [-0.39, 0.29) is 35.3 Å². The smallest absolute Gasteiger partial charge is 0.748 e.